The van der Waals surface area contributed by atoms with Crippen LogP contribution in [-0.4, -0.2) is 9.91 Å². The van der Waals surface area contributed by atoms with E-state index in [0.717, 1.165) is 9.88 Å². The van der Waals surface area contributed by atoms with Gasteiger partial charge < -0.3 is 5.32 Å². The number of hydrogen-bond acceptors (Lipinski definition) is 5. The van der Waals surface area contributed by atoms with Crippen LogP contribution >= 0.6 is 11.3 Å². The van der Waals surface area contributed by atoms with Crippen molar-refractivity contribution in [1.29, 1.82) is 0 Å². The smallest absolute Gasteiger partial charge is 0.295 e. The summed E-state index contributed by atoms with van der Waals surface area (Å²) >= 11 is 1.58. The monoisotopic (exact) mass is 263 g/mol. The molecule has 0 radical (unpaired) electrons. The third kappa shape index (κ3) is 2.65. The van der Waals surface area contributed by atoms with Gasteiger partial charge >= 0.3 is 0 Å². The van der Waals surface area contributed by atoms with Gasteiger partial charge in [0.1, 0.15) is 5.69 Å². The Hall–Kier alpha value is -1.95. The molecule has 1 aromatic carbocycles. The summed E-state index contributed by atoms with van der Waals surface area (Å²) < 4.78 is 0. The summed E-state index contributed by atoms with van der Waals surface area (Å²) in [5.74, 6) is 0. The first-order valence-corrected chi connectivity index (χ1v) is 6.29. The van der Waals surface area contributed by atoms with E-state index < -0.39 is 0 Å². The molecule has 0 atom stereocenters. The average Bonchev–Trinajstić information content (AvgIpc) is 2.72. The Morgan fingerprint density at radius 3 is 2.83 bits per heavy atom. The van der Waals surface area contributed by atoms with Gasteiger partial charge in [0.2, 0.25) is 0 Å². The molecule has 2 aromatic rings. The number of nitrogens with one attached hydrogen (secondary N) is 1. The normalized spacial score (nSPS) is 10.3. The maximum atomic E-state index is 11.0. The maximum absolute atomic E-state index is 11.0. The van der Waals surface area contributed by atoms with Crippen molar-refractivity contribution in [2.45, 2.75) is 20.4 Å². The van der Waals surface area contributed by atoms with Crippen molar-refractivity contribution in [3.63, 3.8) is 0 Å². The summed E-state index contributed by atoms with van der Waals surface area (Å²) in [7, 11) is 0. The minimum atomic E-state index is -0.352. The highest BCUT2D eigenvalue weighted by atomic mass is 32.1. The second-order valence-corrected chi connectivity index (χ2v) is 5.25. The van der Waals surface area contributed by atoms with Gasteiger partial charge in [-0.15, -0.1) is 11.3 Å². The van der Waals surface area contributed by atoms with Gasteiger partial charge in [-0.05, 0) is 19.9 Å². The number of thiazole rings is 1. The van der Waals surface area contributed by atoms with Crippen molar-refractivity contribution in [1.82, 2.24) is 4.98 Å². The Morgan fingerprint density at radius 1 is 1.44 bits per heavy atom. The molecular formula is C12H13N3O2S. The largest absolute Gasteiger partial charge is 0.375 e. The first-order chi connectivity index (χ1) is 8.58. The molecule has 1 aromatic heterocycles. The molecule has 0 aliphatic rings. The van der Waals surface area contributed by atoms with Gasteiger partial charge in [0, 0.05) is 16.6 Å². The second kappa shape index (κ2) is 5.14. The van der Waals surface area contributed by atoms with Crippen LogP contribution in [0.15, 0.2) is 24.4 Å². The molecule has 2 rings (SSSR count). The lowest BCUT2D eigenvalue weighted by Crippen LogP contribution is -2.02. The zero-order valence-electron chi connectivity index (χ0n) is 10.1. The van der Waals surface area contributed by atoms with E-state index in [1.807, 2.05) is 13.0 Å². The fourth-order valence-corrected chi connectivity index (χ4v) is 2.45. The minimum absolute atomic E-state index is 0.138. The van der Waals surface area contributed by atoms with Crippen molar-refractivity contribution in [3.8, 4) is 0 Å². The highest BCUT2D eigenvalue weighted by Crippen LogP contribution is 2.28. The molecule has 0 fully saturated rings. The number of nitro groups is 1. The number of benzene rings is 1. The number of anilines is 1. The van der Waals surface area contributed by atoms with Crippen molar-refractivity contribution in [3.05, 3.63) is 50.0 Å². The number of para-hydroxylation sites is 1. The van der Waals surface area contributed by atoms with Gasteiger partial charge in [0.05, 0.1) is 16.5 Å². The van der Waals surface area contributed by atoms with Crippen molar-refractivity contribution >= 4 is 22.7 Å². The van der Waals surface area contributed by atoms with Crippen molar-refractivity contribution in [2.24, 2.45) is 0 Å². The lowest BCUT2D eigenvalue weighted by atomic mass is 10.1. The molecule has 94 valence electrons. The molecule has 0 saturated heterocycles. The Kier molecular flexibility index (Phi) is 3.57. The average molecular weight is 263 g/mol. The van der Waals surface area contributed by atoms with Gasteiger partial charge in [0.15, 0.2) is 0 Å². The summed E-state index contributed by atoms with van der Waals surface area (Å²) in [4.78, 5) is 15.9. The SMILES string of the molecule is Cc1ncc(CNc2cccc(C)c2[N+](=O)[O-])s1. The van der Waals surface area contributed by atoms with E-state index in [2.05, 4.69) is 10.3 Å². The number of hydrogen-bond donors (Lipinski definition) is 1. The maximum Gasteiger partial charge on any atom is 0.295 e. The Labute approximate surface area is 109 Å². The number of rotatable bonds is 4. The van der Waals surface area contributed by atoms with E-state index in [4.69, 9.17) is 0 Å². The lowest BCUT2D eigenvalue weighted by Gasteiger charge is -2.07. The van der Waals surface area contributed by atoms with E-state index in [0.29, 0.717) is 17.8 Å². The molecule has 0 aliphatic carbocycles. The lowest BCUT2D eigenvalue weighted by molar-refractivity contribution is -0.384. The molecule has 1 heterocycles. The number of nitrogens with zero attached hydrogens (tertiary/aromatic N) is 2. The summed E-state index contributed by atoms with van der Waals surface area (Å²) in [6.07, 6.45) is 1.79. The van der Waals surface area contributed by atoms with Crippen molar-refractivity contribution < 1.29 is 4.92 Å². The molecular weight excluding hydrogens is 250 g/mol. The van der Waals surface area contributed by atoms with Gasteiger partial charge in [-0.3, -0.25) is 10.1 Å². The second-order valence-electron chi connectivity index (χ2n) is 3.93. The third-order valence-electron chi connectivity index (χ3n) is 2.54. The topological polar surface area (TPSA) is 68.1 Å². The fourth-order valence-electron chi connectivity index (χ4n) is 1.71. The van der Waals surface area contributed by atoms with Crippen LogP contribution in [0.4, 0.5) is 11.4 Å². The van der Waals surface area contributed by atoms with Crippen LogP contribution < -0.4 is 5.32 Å². The molecule has 0 unspecified atom stereocenters. The Balaban J connectivity index is 2.19. The van der Waals surface area contributed by atoms with E-state index >= 15 is 0 Å². The predicted molar refractivity (Wildman–Crippen MR) is 72.0 cm³/mol. The first kappa shape index (κ1) is 12.5. The summed E-state index contributed by atoms with van der Waals surface area (Å²) in [6.45, 7) is 4.22. The highest BCUT2D eigenvalue weighted by molar-refractivity contribution is 7.11. The number of nitro benzene ring substituents is 1. The van der Waals surface area contributed by atoms with Crippen LogP contribution in [0.3, 0.4) is 0 Å². The quantitative estimate of drug-likeness (QED) is 0.679. The molecule has 5 nitrogen and oxygen atoms in total. The Bertz CT molecular complexity index is 580. The first-order valence-electron chi connectivity index (χ1n) is 5.47. The summed E-state index contributed by atoms with van der Waals surface area (Å²) in [6, 6.07) is 5.27. The van der Waals surface area contributed by atoms with Crippen LogP contribution in [0.1, 0.15) is 15.4 Å². The number of aryl methyl sites for hydroxylation is 2. The standard InChI is InChI=1S/C12H13N3O2S/c1-8-4-3-5-11(12(8)15(16)17)14-7-10-6-13-9(2)18-10/h3-6,14H,7H2,1-2H3. The predicted octanol–water partition coefficient (Wildman–Crippen LogP) is 3.28. The molecule has 0 spiro atoms. The summed E-state index contributed by atoms with van der Waals surface area (Å²) in [5.41, 5.74) is 1.34. The van der Waals surface area contributed by atoms with Crippen LogP contribution in [0.5, 0.6) is 0 Å². The van der Waals surface area contributed by atoms with Crippen molar-refractivity contribution in [2.75, 3.05) is 5.32 Å². The van der Waals surface area contributed by atoms with Gasteiger partial charge in [-0.25, -0.2) is 4.98 Å². The van der Waals surface area contributed by atoms with Crippen LogP contribution in [0.25, 0.3) is 0 Å². The van der Waals surface area contributed by atoms with Gasteiger partial charge in [0.25, 0.3) is 5.69 Å². The zero-order chi connectivity index (χ0) is 13.1. The minimum Gasteiger partial charge on any atom is -0.375 e. The van der Waals surface area contributed by atoms with Crippen LogP contribution in [-0.2, 0) is 6.54 Å². The molecule has 0 bridgehead atoms. The van der Waals surface area contributed by atoms with E-state index in [1.165, 1.54) is 0 Å². The van der Waals surface area contributed by atoms with Crippen LogP contribution in [0.2, 0.25) is 0 Å². The third-order valence-corrected chi connectivity index (χ3v) is 3.46. The highest BCUT2D eigenvalue weighted by Gasteiger charge is 2.16. The molecule has 18 heavy (non-hydrogen) atoms. The Morgan fingerprint density at radius 2 is 2.22 bits per heavy atom. The van der Waals surface area contributed by atoms with Gasteiger partial charge in [-0.2, -0.15) is 0 Å². The van der Waals surface area contributed by atoms with E-state index in [-0.39, 0.29) is 10.6 Å². The molecule has 0 aliphatic heterocycles. The molecule has 6 heteroatoms. The molecule has 1 N–H and O–H groups in total. The fraction of sp³-hybridized carbons (Fsp3) is 0.250. The molecule has 0 amide bonds. The number of aromatic nitrogens is 1. The zero-order valence-corrected chi connectivity index (χ0v) is 11.0. The van der Waals surface area contributed by atoms with E-state index in [1.54, 1.807) is 36.6 Å². The molecule has 0 saturated carbocycles. The van der Waals surface area contributed by atoms with Crippen LogP contribution in [0, 0.1) is 24.0 Å². The van der Waals surface area contributed by atoms with E-state index in [9.17, 15) is 10.1 Å². The summed E-state index contributed by atoms with van der Waals surface area (Å²) in [5, 5.41) is 15.1. The van der Waals surface area contributed by atoms with Gasteiger partial charge in [-0.1, -0.05) is 12.1 Å².